The smallest absolute Gasteiger partial charge is 0.245 e. The fourth-order valence-corrected chi connectivity index (χ4v) is 2.18. The van der Waals surface area contributed by atoms with E-state index in [1.807, 2.05) is 18.2 Å². The maximum absolute atomic E-state index is 6.12. The van der Waals surface area contributed by atoms with Gasteiger partial charge in [-0.25, -0.2) is 0 Å². The van der Waals surface area contributed by atoms with Gasteiger partial charge in [-0.3, -0.25) is 4.98 Å². The molecule has 0 spiro atoms. The number of benzene rings is 1. The summed E-state index contributed by atoms with van der Waals surface area (Å²) in [7, 11) is 0. The van der Waals surface area contributed by atoms with E-state index >= 15 is 0 Å². The number of anilines is 3. The summed E-state index contributed by atoms with van der Waals surface area (Å²) in [6, 6.07) is 10.8. The quantitative estimate of drug-likeness (QED) is 0.728. The van der Waals surface area contributed by atoms with Gasteiger partial charge in [0, 0.05) is 11.2 Å². The lowest BCUT2D eigenvalue weighted by molar-refractivity contribution is 0.934. The highest BCUT2D eigenvalue weighted by Gasteiger charge is 2.05. The van der Waals surface area contributed by atoms with Crippen LogP contribution in [-0.4, -0.2) is 20.2 Å². The molecule has 1 aromatic carbocycles. The van der Waals surface area contributed by atoms with Crippen LogP contribution in [0.15, 0.2) is 48.8 Å². The molecule has 3 aromatic rings. The molecule has 0 aliphatic heterocycles. The second-order valence-corrected chi connectivity index (χ2v) is 5.43. The molecule has 116 valence electrons. The zero-order valence-corrected chi connectivity index (χ0v) is 13.4. The first-order valence-corrected chi connectivity index (χ1v) is 7.52. The fourth-order valence-electron chi connectivity index (χ4n) is 1.84. The van der Waals surface area contributed by atoms with Crippen molar-refractivity contribution in [3.63, 3.8) is 0 Å². The second-order valence-electron chi connectivity index (χ2n) is 4.59. The van der Waals surface area contributed by atoms with E-state index in [-0.39, 0.29) is 0 Å². The predicted molar refractivity (Wildman–Crippen MR) is 91.1 cm³/mol. The van der Waals surface area contributed by atoms with Crippen LogP contribution in [0.5, 0.6) is 0 Å². The van der Waals surface area contributed by atoms with E-state index in [0.717, 1.165) is 5.69 Å². The molecule has 2 aromatic heterocycles. The lowest BCUT2D eigenvalue weighted by Crippen LogP contribution is -2.07. The summed E-state index contributed by atoms with van der Waals surface area (Å²) < 4.78 is 0. The molecule has 2 heterocycles. The van der Waals surface area contributed by atoms with Gasteiger partial charge in [0.2, 0.25) is 5.95 Å². The Morgan fingerprint density at radius 3 is 2.83 bits per heavy atom. The van der Waals surface area contributed by atoms with Crippen molar-refractivity contribution in [2.75, 3.05) is 10.6 Å². The number of nitrogens with zero attached hydrogens (tertiary/aromatic N) is 4. The van der Waals surface area contributed by atoms with Crippen LogP contribution in [0.2, 0.25) is 10.0 Å². The van der Waals surface area contributed by atoms with Crippen molar-refractivity contribution in [1.82, 2.24) is 20.2 Å². The van der Waals surface area contributed by atoms with Gasteiger partial charge in [-0.1, -0.05) is 29.3 Å². The van der Waals surface area contributed by atoms with Crippen LogP contribution in [0.1, 0.15) is 5.69 Å². The third-order valence-corrected chi connectivity index (χ3v) is 3.47. The van der Waals surface area contributed by atoms with Gasteiger partial charge in [0.05, 0.1) is 29.1 Å². The molecule has 3 rings (SSSR count). The molecule has 0 saturated heterocycles. The fraction of sp³-hybridized carbons (Fsp3) is 0.0667. The second kappa shape index (κ2) is 7.21. The third kappa shape index (κ3) is 4.28. The Morgan fingerprint density at radius 1 is 1.09 bits per heavy atom. The highest BCUT2D eigenvalue weighted by atomic mass is 35.5. The molecule has 0 unspecified atom stereocenters. The van der Waals surface area contributed by atoms with Gasteiger partial charge in [-0.2, -0.15) is 10.1 Å². The van der Waals surface area contributed by atoms with Gasteiger partial charge in [-0.05, 0) is 30.3 Å². The first kappa shape index (κ1) is 15.5. The SMILES string of the molecule is Clc1ccc(Cl)c(Nc2cnnc(NCc3ccccn3)n2)c1. The molecule has 0 saturated carbocycles. The van der Waals surface area contributed by atoms with E-state index in [4.69, 9.17) is 23.2 Å². The minimum absolute atomic E-state index is 0.388. The Bertz CT molecular complexity index is 797. The van der Waals surface area contributed by atoms with Crippen molar-refractivity contribution in [3.05, 3.63) is 64.5 Å². The van der Waals surface area contributed by atoms with Crippen LogP contribution in [0.25, 0.3) is 0 Å². The number of hydrogen-bond donors (Lipinski definition) is 2. The highest BCUT2D eigenvalue weighted by Crippen LogP contribution is 2.27. The summed E-state index contributed by atoms with van der Waals surface area (Å²) in [4.78, 5) is 8.55. The van der Waals surface area contributed by atoms with Gasteiger partial charge in [-0.15, -0.1) is 5.10 Å². The maximum Gasteiger partial charge on any atom is 0.245 e. The number of nitrogens with one attached hydrogen (secondary N) is 2. The molecule has 23 heavy (non-hydrogen) atoms. The summed E-state index contributed by atoms with van der Waals surface area (Å²) in [5.41, 5.74) is 1.53. The molecule has 0 aliphatic carbocycles. The van der Waals surface area contributed by atoms with E-state index in [1.54, 1.807) is 24.4 Å². The van der Waals surface area contributed by atoms with Crippen LogP contribution in [-0.2, 0) is 6.54 Å². The zero-order valence-electron chi connectivity index (χ0n) is 11.9. The minimum atomic E-state index is 0.388. The van der Waals surface area contributed by atoms with Crippen molar-refractivity contribution < 1.29 is 0 Å². The molecule has 6 nitrogen and oxygen atoms in total. The average Bonchev–Trinajstić information content (AvgIpc) is 2.58. The summed E-state index contributed by atoms with van der Waals surface area (Å²) >= 11 is 12.1. The molecule has 0 atom stereocenters. The Labute approximate surface area is 142 Å². The Hall–Kier alpha value is -2.44. The first-order chi connectivity index (χ1) is 11.2. The minimum Gasteiger partial charge on any atom is -0.347 e. The first-order valence-electron chi connectivity index (χ1n) is 6.76. The van der Waals surface area contributed by atoms with Crippen LogP contribution >= 0.6 is 23.2 Å². The van der Waals surface area contributed by atoms with E-state index < -0.39 is 0 Å². The lowest BCUT2D eigenvalue weighted by atomic mass is 10.3. The number of halogens is 2. The number of rotatable bonds is 5. The molecule has 0 radical (unpaired) electrons. The van der Waals surface area contributed by atoms with E-state index in [9.17, 15) is 0 Å². The van der Waals surface area contributed by atoms with Crippen molar-refractivity contribution in [2.45, 2.75) is 6.54 Å². The molecular weight excluding hydrogens is 335 g/mol. The van der Waals surface area contributed by atoms with Gasteiger partial charge in [0.1, 0.15) is 0 Å². The Balaban J connectivity index is 1.71. The highest BCUT2D eigenvalue weighted by molar-refractivity contribution is 6.35. The van der Waals surface area contributed by atoms with Crippen LogP contribution in [0.4, 0.5) is 17.5 Å². The number of aromatic nitrogens is 4. The van der Waals surface area contributed by atoms with Gasteiger partial charge < -0.3 is 10.6 Å². The number of hydrogen-bond acceptors (Lipinski definition) is 6. The van der Waals surface area contributed by atoms with Crippen LogP contribution in [0, 0.1) is 0 Å². The third-order valence-electron chi connectivity index (χ3n) is 2.90. The van der Waals surface area contributed by atoms with Gasteiger partial charge in [0.15, 0.2) is 5.82 Å². The molecule has 0 fully saturated rings. The van der Waals surface area contributed by atoms with E-state index in [2.05, 4.69) is 30.8 Å². The number of pyridine rings is 1. The molecular formula is C15H12Cl2N6. The lowest BCUT2D eigenvalue weighted by Gasteiger charge is -2.09. The predicted octanol–water partition coefficient (Wildman–Crippen LogP) is 3.93. The Kier molecular flexibility index (Phi) is 4.85. The van der Waals surface area contributed by atoms with Crippen molar-refractivity contribution >= 4 is 40.7 Å². The van der Waals surface area contributed by atoms with Crippen molar-refractivity contribution in [3.8, 4) is 0 Å². The summed E-state index contributed by atoms with van der Waals surface area (Å²) in [6.07, 6.45) is 3.23. The molecule has 0 aliphatic rings. The Morgan fingerprint density at radius 2 is 2.00 bits per heavy atom. The molecule has 0 amide bonds. The van der Waals surface area contributed by atoms with Crippen LogP contribution < -0.4 is 10.6 Å². The maximum atomic E-state index is 6.12. The summed E-state index contributed by atoms with van der Waals surface area (Å²) in [6.45, 7) is 0.504. The largest absolute Gasteiger partial charge is 0.347 e. The average molecular weight is 347 g/mol. The molecule has 0 bridgehead atoms. The van der Waals surface area contributed by atoms with E-state index in [0.29, 0.717) is 34.0 Å². The molecule has 8 heteroatoms. The van der Waals surface area contributed by atoms with E-state index in [1.165, 1.54) is 6.20 Å². The van der Waals surface area contributed by atoms with Crippen molar-refractivity contribution in [1.29, 1.82) is 0 Å². The van der Waals surface area contributed by atoms with Crippen LogP contribution in [0.3, 0.4) is 0 Å². The topological polar surface area (TPSA) is 75.6 Å². The molecule has 2 N–H and O–H groups in total. The monoisotopic (exact) mass is 346 g/mol. The zero-order chi connectivity index (χ0) is 16.1. The standard InChI is InChI=1S/C15H12Cl2N6/c16-10-4-5-12(17)13(7-10)21-14-9-20-23-15(22-14)19-8-11-3-1-2-6-18-11/h1-7,9H,8H2,(H2,19,21,22,23). The summed E-state index contributed by atoms with van der Waals surface area (Å²) in [5.74, 6) is 0.895. The van der Waals surface area contributed by atoms with Gasteiger partial charge >= 0.3 is 0 Å². The summed E-state index contributed by atoms with van der Waals surface area (Å²) in [5, 5.41) is 15.1. The van der Waals surface area contributed by atoms with Crippen molar-refractivity contribution in [2.24, 2.45) is 0 Å². The van der Waals surface area contributed by atoms with Gasteiger partial charge in [0.25, 0.3) is 0 Å². The normalized spacial score (nSPS) is 10.3.